The molecule has 0 radical (unpaired) electrons. The van der Waals surface area contributed by atoms with E-state index in [0.29, 0.717) is 11.1 Å². The summed E-state index contributed by atoms with van der Waals surface area (Å²) in [7, 11) is 0. The number of nitrogens with one attached hydrogen (secondary N) is 1. The number of Topliss-reactive ketones (excluding diaryl/α,β-unsaturated/α-hetero) is 1. The molecule has 6 heteroatoms. The molecule has 0 aliphatic heterocycles. The molecule has 1 heterocycles. The quantitative estimate of drug-likeness (QED) is 0.458. The smallest absolute Gasteiger partial charge is 0.254 e. The van der Waals surface area contributed by atoms with Crippen molar-refractivity contribution in [3.8, 4) is 11.1 Å². The largest absolute Gasteiger partial charge is 0.340 e. The first-order chi connectivity index (χ1) is 15.1. The molecule has 1 atom stereocenters. The average Bonchev–Trinajstić information content (AvgIpc) is 3.32. The van der Waals surface area contributed by atoms with Crippen molar-refractivity contribution < 1.29 is 14.0 Å². The summed E-state index contributed by atoms with van der Waals surface area (Å²) in [5, 5.41) is 2.69. The van der Waals surface area contributed by atoms with Crippen molar-refractivity contribution in [2.75, 3.05) is 0 Å². The second kappa shape index (κ2) is 9.17. The third-order valence-electron chi connectivity index (χ3n) is 4.95. The summed E-state index contributed by atoms with van der Waals surface area (Å²) < 4.78 is 16.5. The Morgan fingerprint density at radius 1 is 0.935 bits per heavy atom. The fraction of sp³-hybridized carbons (Fsp3) is 0.0800. The molecule has 0 fully saturated rings. The van der Waals surface area contributed by atoms with Gasteiger partial charge in [-0.05, 0) is 23.3 Å². The van der Waals surface area contributed by atoms with Gasteiger partial charge in [-0.25, -0.2) is 9.37 Å². The molecule has 0 spiro atoms. The number of rotatable bonds is 7. The third-order valence-corrected chi connectivity index (χ3v) is 4.95. The van der Waals surface area contributed by atoms with Crippen molar-refractivity contribution in [3.63, 3.8) is 0 Å². The van der Waals surface area contributed by atoms with Crippen molar-refractivity contribution in [2.24, 2.45) is 0 Å². The van der Waals surface area contributed by atoms with Gasteiger partial charge in [0.25, 0.3) is 5.91 Å². The Bertz CT molecular complexity index is 1180. The van der Waals surface area contributed by atoms with Crippen LogP contribution in [-0.2, 0) is 6.54 Å². The Balaban J connectivity index is 1.57. The van der Waals surface area contributed by atoms with E-state index in [1.807, 2.05) is 36.4 Å². The second-order valence-corrected chi connectivity index (χ2v) is 7.08. The van der Waals surface area contributed by atoms with E-state index in [1.165, 1.54) is 12.1 Å². The van der Waals surface area contributed by atoms with Gasteiger partial charge < -0.3 is 9.88 Å². The van der Waals surface area contributed by atoms with Gasteiger partial charge in [0.15, 0.2) is 5.78 Å². The number of carbonyl (C=O) groups excluding carboxylic acids is 2. The lowest BCUT2D eigenvalue weighted by Gasteiger charge is -2.19. The van der Waals surface area contributed by atoms with Gasteiger partial charge in [-0.2, -0.15) is 0 Å². The fourth-order valence-corrected chi connectivity index (χ4v) is 3.35. The number of hydrogen-bond acceptors (Lipinski definition) is 3. The molecule has 4 aromatic rings. The van der Waals surface area contributed by atoms with Crippen molar-refractivity contribution in [2.45, 2.75) is 12.6 Å². The van der Waals surface area contributed by atoms with Gasteiger partial charge >= 0.3 is 0 Å². The molecular weight excluding hydrogens is 393 g/mol. The monoisotopic (exact) mass is 413 g/mol. The van der Waals surface area contributed by atoms with Crippen molar-refractivity contribution in [1.82, 2.24) is 14.9 Å². The molecule has 0 saturated heterocycles. The van der Waals surface area contributed by atoms with E-state index in [-0.39, 0.29) is 17.9 Å². The molecule has 1 amide bonds. The highest BCUT2D eigenvalue weighted by molar-refractivity contribution is 6.04. The summed E-state index contributed by atoms with van der Waals surface area (Å²) in [5.41, 5.74) is 1.87. The van der Waals surface area contributed by atoms with Gasteiger partial charge in [-0.1, -0.05) is 66.7 Å². The molecule has 0 bridgehead atoms. The van der Waals surface area contributed by atoms with Crippen LogP contribution >= 0.6 is 0 Å². The minimum Gasteiger partial charge on any atom is -0.340 e. The zero-order valence-electron chi connectivity index (χ0n) is 16.6. The molecule has 31 heavy (non-hydrogen) atoms. The van der Waals surface area contributed by atoms with E-state index in [0.717, 1.165) is 5.56 Å². The Labute approximate surface area is 179 Å². The third kappa shape index (κ3) is 4.75. The molecule has 1 N–H and O–H groups in total. The molecule has 0 aliphatic carbocycles. The van der Waals surface area contributed by atoms with Crippen molar-refractivity contribution >= 4 is 11.7 Å². The number of nitrogens with zero attached hydrogens (tertiary/aromatic N) is 2. The highest BCUT2D eigenvalue weighted by Gasteiger charge is 2.24. The van der Waals surface area contributed by atoms with Crippen LogP contribution in [0.15, 0.2) is 97.6 Å². The van der Waals surface area contributed by atoms with Crippen molar-refractivity contribution in [3.05, 3.63) is 115 Å². The lowest BCUT2D eigenvalue weighted by atomic mass is 10.0. The van der Waals surface area contributed by atoms with E-state index in [4.69, 9.17) is 0 Å². The number of amides is 1. The van der Waals surface area contributed by atoms with E-state index in [9.17, 15) is 14.0 Å². The minimum absolute atomic E-state index is 0.115. The molecule has 5 nitrogen and oxygen atoms in total. The molecule has 3 aromatic carbocycles. The van der Waals surface area contributed by atoms with Crippen molar-refractivity contribution in [1.29, 1.82) is 0 Å². The predicted molar refractivity (Wildman–Crippen MR) is 116 cm³/mol. The van der Waals surface area contributed by atoms with Crippen LogP contribution in [0.2, 0.25) is 0 Å². The van der Waals surface area contributed by atoms with E-state index in [1.54, 1.807) is 53.6 Å². The molecule has 1 unspecified atom stereocenters. The summed E-state index contributed by atoms with van der Waals surface area (Å²) in [4.78, 5) is 29.9. The number of hydrogen-bond donors (Lipinski definition) is 1. The normalized spacial score (nSPS) is 11.6. The highest BCUT2D eigenvalue weighted by atomic mass is 19.1. The van der Waals surface area contributed by atoms with E-state index >= 15 is 0 Å². The van der Waals surface area contributed by atoms with Crippen LogP contribution in [0.3, 0.4) is 0 Å². The van der Waals surface area contributed by atoms with Gasteiger partial charge in [0.1, 0.15) is 11.9 Å². The fourth-order valence-electron chi connectivity index (χ4n) is 3.35. The summed E-state index contributed by atoms with van der Waals surface area (Å²) in [6.07, 6.45) is 4.85. The van der Waals surface area contributed by atoms with Crippen LogP contribution in [0.4, 0.5) is 4.39 Å². The predicted octanol–water partition coefficient (Wildman–Crippen LogP) is 4.37. The Hall–Kier alpha value is -4.06. The van der Waals surface area contributed by atoms with Gasteiger partial charge in [-0.3, -0.25) is 9.59 Å². The van der Waals surface area contributed by atoms with Crippen LogP contribution in [0.25, 0.3) is 11.1 Å². The van der Waals surface area contributed by atoms with Gasteiger partial charge in [-0.15, -0.1) is 0 Å². The van der Waals surface area contributed by atoms with Gasteiger partial charge in [0.05, 0.1) is 18.4 Å². The lowest BCUT2D eigenvalue weighted by Crippen LogP contribution is -2.44. The highest BCUT2D eigenvalue weighted by Crippen LogP contribution is 2.22. The summed E-state index contributed by atoms with van der Waals surface area (Å²) in [6.45, 7) is 0.184. The number of benzene rings is 3. The van der Waals surface area contributed by atoms with Crippen LogP contribution in [-0.4, -0.2) is 27.3 Å². The van der Waals surface area contributed by atoms with Gasteiger partial charge in [0.2, 0.25) is 0 Å². The SMILES string of the molecule is O=C(NC(Cn1ccnc1)C(=O)c1ccccc1)c1ccc(-c2ccccc2)cc1F. The summed E-state index contributed by atoms with van der Waals surface area (Å²) in [5.74, 6) is -1.55. The minimum atomic E-state index is -0.878. The molecule has 0 aliphatic rings. The first kappa shape index (κ1) is 20.2. The van der Waals surface area contributed by atoms with Crippen LogP contribution < -0.4 is 5.32 Å². The van der Waals surface area contributed by atoms with Crippen LogP contribution in [0, 0.1) is 5.82 Å². The Kier molecular flexibility index (Phi) is 5.98. The number of imidazole rings is 1. The first-order valence-corrected chi connectivity index (χ1v) is 9.82. The average molecular weight is 413 g/mol. The van der Waals surface area contributed by atoms with E-state index in [2.05, 4.69) is 10.3 Å². The van der Waals surface area contributed by atoms with Crippen LogP contribution in [0.1, 0.15) is 20.7 Å². The maximum Gasteiger partial charge on any atom is 0.254 e. The first-order valence-electron chi connectivity index (χ1n) is 9.82. The summed E-state index contributed by atoms with van der Waals surface area (Å²) >= 11 is 0. The molecule has 4 rings (SSSR count). The lowest BCUT2D eigenvalue weighted by molar-refractivity contribution is 0.0845. The number of ketones is 1. The summed E-state index contributed by atoms with van der Waals surface area (Å²) in [6, 6.07) is 21.6. The molecular formula is C25H20FN3O2. The number of aromatic nitrogens is 2. The Morgan fingerprint density at radius 3 is 2.29 bits per heavy atom. The number of carbonyl (C=O) groups is 2. The zero-order valence-corrected chi connectivity index (χ0v) is 16.6. The molecule has 0 saturated carbocycles. The second-order valence-electron chi connectivity index (χ2n) is 7.08. The Morgan fingerprint density at radius 2 is 1.65 bits per heavy atom. The maximum atomic E-state index is 14.8. The topological polar surface area (TPSA) is 64.0 Å². The zero-order chi connectivity index (χ0) is 21.6. The van der Waals surface area contributed by atoms with Gasteiger partial charge in [0, 0.05) is 18.0 Å². The van der Waals surface area contributed by atoms with Crippen LogP contribution in [0.5, 0.6) is 0 Å². The standard InChI is InChI=1S/C25H20FN3O2/c26-22-15-20(18-7-3-1-4-8-18)11-12-21(22)25(31)28-23(16-29-14-13-27-17-29)24(30)19-9-5-2-6-10-19/h1-15,17,23H,16H2,(H,28,31). The number of halogens is 1. The molecule has 1 aromatic heterocycles. The molecule has 154 valence electrons. The maximum absolute atomic E-state index is 14.8. The van der Waals surface area contributed by atoms with E-state index < -0.39 is 17.8 Å².